The van der Waals surface area contributed by atoms with Crippen LogP contribution < -0.4 is 0 Å². The summed E-state index contributed by atoms with van der Waals surface area (Å²) in [5.74, 6) is 0. The maximum absolute atomic E-state index is 5.15. The van der Waals surface area contributed by atoms with Gasteiger partial charge >= 0.3 is 0 Å². The van der Waals surface area contributed by atoms with Gasteiger partial charge in [-0.05, 0) is 86.3 Å². The highest BCUT2D eigenvalue weighted by molar-refractivity contribution is 6.31. The second kappa shape index (κ2) is 9.04. The normalized spacial score (nSPS) is 13.1. The Morgan fingerprint density at radius 3 is 2.12 bits per heavy atom. The summed E-state index contributed by atoms with van der Waals surface area (Å²) >= 11 is 0. The lowest BCUT2D eigenvalue weighted by atomic mass is 9.83. The number of hydrogen-bond acceptors (Lipinski definition) is 1. The third-order valence-corrected chi connectivity index (χ3v) is 8.95. The fourth-order valence-electron chi connectivity index (χ4n) is 7.49. The minimum atomic E-state index is 0.111. The highest BCUT2D eigenvalue weighted by Crippen LogP contribution is 2.47. The molecule has 0 fully saturated rings. The summed E-state index contributed by atoms with van der Waals surface area (Å²) in [4.78, 5) is 5.15. The van der Waals surface area contributed by atoms with Gasteiger partial charge in [0.25, 0.3) is 0 Å². The summed E-state index contributed by atoms with van der Waals surface area (Å²) in [5, 5.41) is 9.02. The van der Waals surface area contributed by atoms with E-state index in [0.29, 0.717) is 0 Å². The zero-order valence-corrected chi connectivity index (χ0v) is 26.0. The Kier molecular flexibility index (Phi) is 5.51. The molecule has 0 aliphatic carbocycles. The molecule has 3 heterocycles. The number of fused-ring (bicyclic) bond motifs is 7. The molecule has 0 aliphatic heterocycles. The highest BCUT2D eigenvalue weighted by Gasteiger charge is 2.26. The third-order valence-electron chi connectivity index (χ3n) is 8.95. The average molecular weight is 559 g/mol. The van der Waals surface area contributed by atoms with Gasteiger partial charge in [0.1, 0.15) is 0 Å². The van der Waals surface area contributed by atoms with Crippen molar-refractivity contribution in [3.8, 4) is 11.1 Å². The molecular weight excluding hydrogens is 520 g/mol. The molecule has 0 saturated carbocycles. The molecule has 8 aromatic rings. The van der Waals surface area contributed by atoms with Gasteiger partial charge in [0.2, 0.25) is 0 Å². The molecule has 0 amide bonds. The van der Waals surface area contributed by atoms with Gasteiger partial charge in [-0.2, -0.15) is 0 Å². The second-order valence-corrected chi connectivity index (χ2v) is 14.9. The molecule has 43 heavy (non-hydrogen) atoms. The van der Waals surface area contributed by atoms with Crippen molar-refractivity contribution in [3.63, 3.8) is 0 Å². The number of pyridine rings is 2. The van der Waals surface area contributed by atoms with Gasteiger partial charge in [-0.15, -0.1) is 0 Å². The molecule has 0 N–H and O–H groups in total. The van der Waals surface area contributed by atoms with Crippen LogP contribution in [0.2, 0.25) is 0 Å². The Morgan fingerprint density at radius 2 is 1.35 bits per heavy atom. The topological polar surface area (TPSA) is 17.3 Å². The number of rotatable bonds is 3. The van der Waals surface area contributed by atoms with Crippen LogP contribution in [-0.4, -0.2) is 9.38 Å². The number of hydrogen-bond donors (Lipinski definition) is 0. The monoisotopic (exact) mass is 558 g/mol. The SMILES string of the molecule is CC(C)(C)Cc1ccc2c(CC(C)(C)C)c3c(cc2c1)c1nccc2cc(-c4ccccc4)c4c5ccccc5n3c4c21. The zero-order chi connectivity index (χ0) is 29.7. The Labute approximate surface area is 253 Å². The molecule has 212 valence electrons. The van der Waals surface area contributed by atoms with E-state index in [0.717, 1.165) is 18.4 Å². The fourth-order valence-corrected chi connectivity index (χ4v) is 7.49. The van der Waals surface area contributed by atoms with E-state index in [1.165, 1.54) is 76.5 Å². The van der Waals surface area contributed by atoms with Gasteiger partial charge < -0.3 is 4.40 Å². The van der Waals surface area contributed by atoms with Gasteiger partial charge in [0, 0.05) is 27.7 Å². The lowest BCUT2D eigenvalue weighted by Crippen LogP contribution is -2.12. The van der Waals surface area contributed by atoms with Gasteiger partial charge in [0.05, 0.1) is 22.1 Å². The van der Waals surface area contributed by atoms with Gasteiger partial charge in [-0.1, -0.05) is 108 Å². The number of nitrogens with zero attached hydrogens (tertiary/aromatic N) is 2. The van der Waals surface area contributed by atoms with E-state index < -0.39 is 0 Å². The first kappa shape index (κ1) is 26.2. The summed E-state index contributed by atoms with van der Waals surface area (Å²) in [6.07, 6.45) is 4.03. The van der Waals surface area contributed by atoms with Crippen LogP contribution in [0.5, 0.6) is 0 Å². The minimum absolute atomic E-state index is 0.111. The largest absolute Gasteiger partial charge is 0.308 e. The Morgan fingerprint density at radius 1 is 0.605 bits per heavy atom. The molecule has 5 aromatic carbocycles. The summed E-state index contributed by atoms with van der Waals surface area (Å²) in [6.45, 7) is 14.0. The number of aromatic nitrogens is 2. The van der Waals surface area contributed by atoms with E-state index in [4.69, 9.17) is 4.98 Å². The molecular formula is C41H38N2. The van der Waals surface area contributed by atoms with Crippen molar-refractivity contribution in [2.75, 3.05) is 0 Å². The van der Waals surface area contributed by atoms with Crippen molar-refractivity contribution < 1.29 is 0 Å². The van der Waals surface area contributed by atoms with E-state index in [2.05, 4.69) is 137 Å². The summed E-state index contributed by atoms with van der Waals surface area (Å²) in [7, 11) is 0. The van der Waals surface area contributed by atoms with E-state index >= 15 is 0 Å². The third kappa shape index (κ3) is 4.11. The first-order valence-corrected chi connectivity index (χ1v) is 15.6. The zero-order valence-electron chi connectivity index (χ0n) is 26.0. The molecule has 0 saturated heterocycles. The average Bonchev–Trinajstić information content (AvgIpc) is 3.31. The predicted molar refractivity (Wildman–Crippen MR) is 186 cm³/mol. The van der Waals surface area contributed by atoms with E-state index in [1.54, 1.807) is 0 Å². The molecule has 0 radical (unpaired) electrons. The van der Waals surface area contributed by atoms with Crippen LogP contribution in [-0.2, 0) is 12.8 Å². The first-order valence-electron chi connectivity index (χ1n) is 15.6. The molecule has 0 aliphatic rings. The van der Waals surface area contributed by atoms with Crippen molar-refractivity contribution in [2.24, 2.45) is 10.8 Å². The van der Waals surface area contributed by atoms with Gasteiger partial charge in [-0.3, -0.25) is 4.98 Å². The Balaban J connectivity index is 1.64. The van der Waals surface area contributed by atoms with Gasteiger partial charge in [-0.25, -0.2) is 0 Å². The maximum Gasteiger partial charge on any atom is 0.0823 e. The van der Waals surface area contributed by atoms with E-state index in [1.807, 2.05) is 6.20 Å². The highest BCUT2D eigenvalue weighted by atomic mass is 14.9. The Hall–Kier alpha value is -4.43. The molecule has 8 rings (SSSR count). The lowest BCUT2D eigenvalue weighted by Gasteiger charge is -2.24. The van der Waals surface area contributed by atoms with Crippen molar-refractivity contribution in [2.45, 2.75) is 54.4 Å². The molecule has 0 spiro atoms. The summed E-state index contributed by atoms with van der Waals surface area (Å²) in [6, 6.07) is 34.0. The van der Waals surface area contributed by atoms with Crippen LogP contribution in [0.25, 0.3) is 70.9 Å². The van der Waals surface area contributed by atoms with Crippen LogP contribution in [0.1, 0.15) is 52.7 Å². The smallest absolute Gasteiger partial charge is 0.0823 e. The number of benzene rings is 5. The standard InChI is InChI=1S/C41H38N2/c1-40(2,3)23-25-16-17-29-28(20-25)22-32-37-35-27(18-19-42-37)21-31(26-12-8-7-9-13-26)36-30-14-10-11-15-34(30)43(39(35)36)38(32)33(29)24-41(4,5)6/h7-22H,23-24H2,1-6H3. The minimum Gasteiger partial charge on any atom is -0.308 e. The van der Waals surface area contributed by atoms with Crippen LogP contribution in [0.3, 0.4) is 0 Å². The van der Waals surface area contributed by atoms with Crippen LogP contribution in [0, 0.1) is 10.8 Å². The van der Waals surface area contributed by atoms with Crippen LogP contribution >= 0.6 is 0 Å². The first-order chi connectivity index (χ1) is 20.6. The van der Waals surface area contributed by atoms with Crippen molar-refractivity contribution in [1.82, 2.24) is 9.38 Å². The van der Waals surface area contributed by atoms with Crippen LogP contribution in [0.4, 0.5) is 0 Å². The summed E-state index contributed by atoms with van der Waals surface area (Å²) < 4.78 is 2.59. The van der Waals surface area contributed by atoms with E-state index in [9.17, 15) is 0 Å². The quantitative estimate of drug-likeness (QED) is 0.156. The maximum atomic E-state index is 5.15. The fraction of sp³-hybridized carbons (Fsp3) is 0.244. The molecule has 0 atom stereocenters. The van der Waals surface area contributed by atoms with E-state index in [-0.39, 0.29) is 10.8 Å². The second-order valence-electron chi connectivity index (χ2n) is 14.9. The molecule has 0 bridgehead atoms. The molecule has 2 heteroatoms. The molecule has 3 aromatic heterocycles. The Bertz CT molecular complexity index is 2340. The lowest BCUT2D eigenvalue weighted by molar-refractivity contribution is 0.411. The van der Waals surface area contributed by atoms with Crippen molar-refractivity contribution >= 4 is 59.8 Å². The predicted octanol–water partition coefficient (Wildman–Crippen LogP) is 11.4. The van der Waals surface area contributed by atoms with Crippen molar-refractivity contribution in [3.05, 3.63) is 108 Å². The number of para-hydroxylation sites is 1. The molecule has 2 nitrogen and oxygen atoms in total. The van der Waals surface area contributed by atoms with Crippen LogP contribution in [0.15, 0.2) is 97.2 Å². The summed E-state index contributed by atoms with van der Waals surface area (Å²) in [5.41, 5.74) is 10.6. The molecule has 0 unspecified atom stereocenters. The van der Waals surface area contributed by atoms with Gasteiger partial charge in [0.15, 0.2) is 0 Å². The van der Waals surface area contributed by atoms with Crippen molar-refractivity contribution in [1.29, 1.82) is 0 Å².